The molecule has 0 saturated heterocycles. The Morgan fingerprint density at radius 2 is 0.490 bits per heavy atom. The molecular weight excluding hydrogens is 1310 g/mol. The summed E-state index contributed by atoms with van der Waals surface area (Å²) in [6, 6.07) is 0. The van der Waals surface area contributed by atoms with Crippen LogP contribution in [0.2, 0.25) is 0 Å². The lowest BCUT2D eigenvalue weighted by Crippen LogP contribution is -2.30. The Kier molecular flexibility index (Phi) is 71.6. The number of ether oxygens (including phenoxy) is 4. The van der Waals surface area contributed by atoms with Gasteiger partial charge in [0, 0.05) is 25.7 Å². The van der Waals surface area contributed by atoms with E-state index in [-0.39, 0.29) is 25.7 Å². The lowest BCUT2D eigenvalue weighted by molar-refractivity contribution is -0.161. The summed E-state index contributed by atoms with van der Waals surface area (Å²) in [4.78, 5) is 73.0. The average Bonchev–Trinajstić information content (AvgIpc) is 0.985. The van der Waals surface area contributed by atoms with Crippen LogP contribution in [0.25, 0.3) is 0 Å². The van der Waals surface area contributed by atoms with Gasteiger partial charge in [0.15, 0.2) is 12.2 Å². The smallest absolute Gasteiger partial charge is 0.462 e. The van der Waals surface area contributed by atoms with Crippen LogP contribution in [0.1, 0.15) is 374 Å². The monoisotopic (exact) mass is 1460 g/mol. The van der Waals surface area contributed by atoms with Gasteiger partial charge in [0.2, 0.25) is 0 Å². The summed E-state index contributed by atoms with van der Waals surface area (Å²) in [6.45, 7) is 4.86. The first-order valence-corrected chi connectivity index (χ1v) is 43.5. The maximum atomic E-state index is 13.1. The molecule has 0 aromatic heterocycles. The molecule has 3 N–H and O–H groups in total. The van der Waals surface area contributed by atoms with Gasteiger partial charge in [-0.1, -0.05) is 313 Å². The molecule has 0 aromatic carbocycles. The summed E-state index contributed by atoms with van der Waals surface area (Å²) in [5, 5.41) is 10.6. The Balaban J connectivity index is 5.30. The third kappa shape index (κ3) is 73.1. The standard InChI is InChI=1S/C81H148O17P2/c1-5-9-13-17-21-25-29-32-35-36-37-38-41-43-47-50-54-58-62-66-79(84)92-72-77(98-81(86)68-64-60-56-52-48-44-40-34-31-27-23-19-15-11-7-3)74-96-100(89,90)94-70-75(82)69-93-99(87,88)95-73-76(97-80(85)67-63-59-55-51-45-28-24-20-16-12-8-4)71-91-78(83)65-61-57-53-49-46-42-39-33-30-26-22-18-14-10-6-2/h21-22,25-26,32-33,35,37-39,75-77,82H,5-20,23-24,27-31,34,36,40-74H2,1-4H3,(H,87,88)(H,89,90)/b25-21-,26-22-,35-32-,38-37-,39-33-. The molecule has 0 spiro atoms. The van der Waals surface area contributed by atoms with E-state index < -0.39 is 97.5 Å². The van der Waals surface area contributed by atoms with E-state index in [2.05, 4.69) is 88.5 Å². The van der Waals surface area contributed by atoms with Crippen LogP contribution >= 0.6 is 15.6 Å². The van der Waals surface area contributed by atoms with Crippen molar-refractivity contribution in [2.45, 2.75) is 393 Å². The first-order valence-electron chi connectivity index (χ1n) is 40.5. The highest BCUT2D eigenvalue weighted by Crippen LogP contribution is 2.45. The van der Waals surface area contributed by atoms with E-state index in [4.69, 9.17) is 37.0 Å². The summed E-state index contributed by atoms with van der Waals surface area (Å²) in [5.41, 5.74) is 0. The van der Waals surface area contributed by atoms with Crippen LogP contribution in [0.4, 0.5) is 0 Å². The van der Waals surface area contributed by atoms with Crippen LogP contribution in [0, 0.1) is 0 Å². The molecule has 0 rings (SSSR count). The van der Waals surface area contributed by atoms with E-state index in [9.17, 15) is 43.2 Å². The molecule has 0 amide bonds. The maximum absolute atomic E-state index is 13.1. The Morgan fingerprint density at radius 3 is 0.770 bits per heavy atom. The van der Waals surface area contributed by atoms with E-state index in [0.29, 0.717) is 25.7 Å². The fraction of sp³-hybridized carbons (Fsp3) is 0.827. The minimum Gasteiger partial charge on any atom is -0.462 e. The number of carbonyl (C=O) groups is 4. The molecule has 0 aromatic rings. The third-order valence-electron chi connectivity index (χ3n) is 17.5. The van der Waals surface area contributed by atoms with E-state index in [1.165, 1.54) is 141 Å². The second-order valence-electron chi connectivity index (χ2n) is 27.4. The fourth-order valence-corrected chi connectivity index (χ4v) is 12.8. The van der Waals surface area contributed by atoms with Crippen molar-refractivity contribution in [1.29, 1.82) is 0 Å². The zero-order valence-electron chi connectivity index (χ0n) is 63.9. The largest absolute Gasteiger partial charge is 0.472 e. The van der Waals surface area contributed by atoms with E-state index >= 15 is 0 Å². The van der Waals surface area contributed by atoms with Crippen molar-refractivity contribution in [1.82, 2.24) is 0 Å². The van der Waals surface area contributed by atoms with E-state index in [1.807, 2.05) is 0 Å². The molecule has 0 saturated carbocycles. The number of unbranched alkanes of at least 4 members (excludes halogenated alkanes) is 41. The van der Waals surface area contributed by atoms with E-state index in [0.717, 1.165) is 154 Å². The van der Waals surface area contributed by atoms with Gasteiger partial charge in [0.1, 0.15) is 19.3 Å². The van der Waals surface area contributed by atoms with Gasteiger partial charge in [-0.2, -0.15) is 0 Å². The molecule has 0 radical (unpaired) electrons. The van der Waals surface area contributed by atoms with Crippen LogP contribution in [-0.4, -0.2) is 96.7 Å². The molecular formula is C81H148O17P2. The maximum Gasteiger partial charge on any atom is 0.472 e. The lowest BCUT2D eigenvalue weighted by atomic mass is 10.0. The molecule has 5 unspecified atom stereocenters. The summed E-state index contributed by atoms with van der Waals surface area (Å²) >= 11 is 0. The van der Waals surface area contributed by atoms with Gasteiger partial charge in [-0.3, -0.25) is 37.3 Å². The molecule has 17 nitrogen and oxygen atoms in total. The molecule has 0 bridgehead atoms. The van der Waals surface area contributed by atoms with Gasteiger partial charge < -0.3 is 33.8 Å². The van der Waals surface area contributed by atoms with Gasteiger partial charge in [-0.25, -0.2) is 9.13 Å². The number of phosphoric acid groups is 2. The number of hydrogen-bond acceptors (Lipinski definition) is 15. The summed E-state index contributed by atoms with van der Waals surface area (Å²) in [5.74, 6) is -2.17. The molecule has 0 heterocycles. The number of phosphoric ester groups is 2. The summed E-state index contributed by atoms with van der Waals surface area (Å²) < 4.78 is 68.6. The number of aliphatic hydroxyl groups is 1. The first kappa shape index (κ1) is 96.8. The Morgan fingerprint density at radius 1 is 0.280 bits per heavy atom. The van der Waals surface area contributed by atoms with Crippen LogP contribution < -0.4 is 0 Å². The van der Waals surface area contributed by atoms with Crippen LogP contribution in [-0.2, 0) is 65.4 Å². The van der Waals surface area contributed by atoms with Crippen molar-refractivity contribution in [3.8, 4) is 0 Å². The first-order chi connectivity index (χ1) is 48.7. The van der Waals surface area contributed by atoms with Gasteiger partial charge in [0.25, 0.3) is 0 Å². The third-order valence-corrected chi connectivity index (χ3v) is 19.4. The SMILES string of the molecule is CCCCC/C=C\C/C=C\C/C=C\CCCCCCCCC(=O)OCC(COP(=O)(O)OCC(O)COP(=O)(O)OCC(COC(=O)CCCCCCC/C=C\C/C=C\CCCCC)OC(=O)CCCCCCCCCCCCC)OC(=O)CCCCCCCCCCCCCCCCC. The highest BCUT2D eigenvalue weighted by Gasteiger charge is 2.30. The number of aliphatic hydroxyl groups excluding tert-OH is 1. The molecule has 5 atom stereocenters. The zero-order valence-corrected chi connectivity index (χ0v) is 65.7. The van der Waals surface area contributed by atoms with Crippen molar-refractivity contribution in [3.05, 3.63) is 60.8 Å². The van der Waals surface area contributed by atoms with Gasteiger partial charge in [-0.05, 0) is 96.3 Å². The number of carbonyl (C=O) groups excluding carboxylic acids is 4. The minimum absolute atomic E-state index is 0.0980. The minimum atomic E-state index is -4.97. The number of esters is 4. The molecule has 100 heavy (non-hydrogen) atoms. The van der Waals surface area contributed by atoms with E-state index in [1.54, 1.807) is 0 Å². The van der Waals surface area contributed by atoms with Crippen molar-refractivity contribution in [2.75, 3.05) is 39.6 Å². The molecule has 584 valence electrons. The van der Waals surface area contributed by atoms with Crippen molar-refractivity contribution in [3.63, 3.8) is 0 Å². The molecule has 0 aliphatic rings. The van der Waals surface area contributed by atoms with Crippen molar-refractivity contribution >= 4 is 39.5 Å². The zero-order chi connectivity index (χ0) is 73.2. The average molecular weight is 1460 g/mol. The summed E-state index contributed by atoms with van der Waals surface area (Å²) in [7, 11) is -9.94. The van der Waals surface area contributed by atoms with Crippen LogP contribution in [0.15, 0.2) is 60.8 Å². The lowest BCUT2D eigenvalue weighted by Gasteiger charge is -2.21. The summed E-state index contributed by atoms with van der Waals surface area (Å²) in [6.07, 6.45) is 73.3. The predicted molar refractivity (Wildman–Crippen MR) is 409 cm³/mol. The molecule has 0 aliphatic heterocycles. The topological polar surface area (TPSA) is 237 Å². The fourth-order valence-electron chi connectivity index (χ4n) is 11.3. The Hall–Kier alpha value is -3.24. The highest BCUT2D eigenvalue weighted by atomic mass is 31.2. The predicted octanol–water partition coefficient (Wildman–Crippen LogP) is 23.5. The van der Waals surface area contributed by atoms with Gasteiger partial charge >= 0.3 is 39.5 Å². The molecule has 0 fully saturated rings. The van der Waals surface area contributed by atoms with Crippen molar-refractivity contribution < 1.29 is 80.2 Å². The van der Waals surface area contributed by atoms with Crippen LogP contribution in [0.3, 0.4) is 0 Å². The second-order valence-corrected chi connectivity index (χ2v) is 30.3. The number of rotatable bonds is 77. The van der Waals surface area contributed by atoms with Crippen molar-refractivity contribution in [2.24, 2.45) is 0 Å². The van der Waals surface area contributed by atoms with Gasteiger partial charge in [0.05, 0.1) is 26.4 Å². The molecule has 0 aliphatic carbocycles. The normalized spacial score (nSPS) is 14.2. The Labute approximate surface area is 610 Å². The number of allylic oxidation sites excluding steroid dienone is 10. The van der Waals surface area contributed by atoms with Gasteiger partial charge in [-0.15, -0.1) is 0 Å². The second kappa shape index (κ2) is 74.0. The Bertz CT molecular complexity index is 2130. The quantitative estimate of drug-likeness (QED) is 0.0169. The highest BCUT2D eigenvalue weighted by molar-refractivity contribution is 7.47. The molecule has 19 heteroatoms. The van der Waals surface area contributed by atoms with Crippen LogP contribution in [0.5, 0.6) is 0 Å². The number of hydrogen-bond donors (Lipinski definition) is 3.